The number of nitrogens with zero attached hydrogens (tertiary/aromatic N) is 1. The number of nitrogens with two attached hydrogens (primary N) is 1. The predicted octanol–water partition coefficient (Wildman–Crippen LogP) is 3.35. The summed E-state index contributed by atoms with van der Waals surface area (Å²) in [5, 5.41) is 3.60. The number of aryl methyl sites for hydroxylation is 1. The molecule has 72 valence electrons. The number of hydrogen-bond donors (Lipinski definition) is 1. The molecule has 1 aromatic heterocycles. The van der Waals surface area contributed by atoms with E-state index in [9.17, 15) is 0 Å². The fourth-order valence-corrected chi connectivity index (χ4v) is 2.27. The van der Waals surface area contributed by atoms with E-state index >= 15 is 0 Å². The van der Waals surface area contributed by atoms with Crippen LogP contribution in [0.1, 0.15) is 5.69 Å². The van der Waals surface area contributed by atoms with Crippen LogP contribution < -0.4 is 5.73 Å². The smallest absolute Gasteiger partial charge is 0.125 e. The molecule has 0 bridgehead atoms. The predicted molar refractivity (Wildman–Crippen MR) is 61.7 cm³/mol. The highest BCUT2D eigenvalue weighted by Crippen LogP contribution is 2.31. The molecular weight excluding hydrogens is 216 g/mol. The lowest BCUT2D eigenvalue weighted by Crippen LogP contribution is -1.86. The van der Waals surface area contributed by atoms with Crippen LogP contribution >= 0.6 is 22.9 Å². The van der Waals surface area contributed by atoms with Gasteiger partial charge in [0.1, 0.15) is 5.01 Å². The third-order valence-corrected chi connectivity index (χ3v) is 3.16. The molecule has 2 nitrogen and oxygen atoms in total. The van der Waals surface area contributed by atoms with E-state index in [-0.39, 0.29) is 0 Å². The van der Waals surface area contributed by atoms with Gasteiger partial charge in [-0.05, 0) is 25.1 Å². The second kappa shape index (κ2) is 3.59. The molecule has 0 aliphatic heterocycles. The molecule has 14 heavy (non-hydrogen) atoms. The molecule has 1 heterocycles. The zero-order valence-corrected chi connectivity index (χ0v) is 9.19. The van der Waals surface area contributed by atoms with Crippen molar-refractivity contribution in [3.8, 4) is 10.6 Å². The SMILES string of the molecule is Cc1csc(-c2cc(N)ccc2Cl)n1. The van der Waals surface area contributed by atoms with Crippen LogP contribution in [0.25, 0.3) is 10.6 Å². The van der Waals surface area contributed by atoms with E-state index in [0.717, 1.165) is 16.3 Å². The standard InChI is InChI=1S/C10H9ClN2S/c1-6-5-14-10(13-6)8-4-7(12)2-3-9(8)11/h2-5H,12H2,1H3. The van der Waals surface area contributed by atoms with Crippen molar-refractivity contribution < 1.29 is 0 Å². The maximum atomic E-state index is 6.05. The minimum Gasteiger partial charge on any atom is -0.399 e. The van der Waals surface area contributed by atoms with Crippen LogP contribution in [0.3, 0.4) is 0 Å². The molecular formula is C10H9ClN2S. The van der Waals surface area contributed by atoms with Crippen molar-refractivity contribution >= 4 is 28.6 Å². The van der Waals surface area contributed by atoms with Crippen LogP contribution in [-0.2, 0) is 0 Å². The molecule has 0 fully saturated rings. The van der Waals surface area contributed by atoms with Gasteiger partial charge in [-0.15, -0.1) is 11.3 Å². The minimum absolute atomic E-state index is 0.688. The molecule has 2 N–H and O–H groups in total. The number of nitrogen functional groups attached to an aromatic ring is 1. The molecule has 0 radical (unpaired) electrons. The van der Waals surface area contributed by atoms with Crippen LogP contribution in [0.5, 0.6) is 0 Å². The molecule has 0 amide bonds. The van der Waals surface area contributed by atoms with Crippen molar-refractivity contribution in [2.24, 2.45) is 0 Å². The first kappa shape index (κ1) is 9.49. The van der Waals surface area contributed by atoms with Gasteiger partial charge in [-0.1, -0.05) is 11.6 Å². The summed E-state index contributed by atoms with van der Waals surface area (Å²) in [4.78, 5) is 4.36. The average molecular weight is 225 g/mol. The first-order chi connectivity index (χ1) is 6.66. The van der Waals surface area contributed by atoms with E-state index in [2.05, 4.69) is 4.98 Å². The summed E-state index contributed by atoms with van der Waals surface area (Å²) in [6.07, 6.45) is 0. The second-order valence-corrected chi connectivity index (χ2v) is 4.30. The third kappa shape index (κ3) is 1.74. The monoisotopic (exact) mass is 224 g/mol. The Morgan fingerprint density at radius 3 is 2.86 bits per heavy atom. The summed E-state index contributed by atoms with van der Waals surface area (Å²) in [6, 6.07) is 5.43. The summed E-state index contributed by atoms with van der Waals surface area (Å²) < 4.78 is 0. The number of benzene rings is 1. The van der Waals surface area contributed by atoms with E-state index in [0.29, 0.717) is 10.7 Å². The molecule has 0 unspecified atom stereocenters. The molecule has 0 saturated carbocycles. The van der Waals surface area contributed by atoms with Gasteiger partial charge in [0.05, 0.1) is 5.02 Å². The molecule has 2 aromatic rings. The number of hydrogen-bond acceptors (Lipinski definition) is 3. The zero-order chi connectivity index (χ0) is 10.1. The van der Waals surface area contributed by atoms with Crippen LogP contribution in [0, 0.1) is 6.92 Å². The minimum atomic E-state index is 0.688. The summed E-state index contributed by atoms with van der Waals surface area (Å²) in [6.45, 7) is 1.96. The molecule has 2 rings (SSSR count). The van der Waals surface area contributed by atoms with Gasteiger partial charge in [-0.25, -0.2) is 4.98 Å². The van der Waals surface area contributed by atoms with Crippen LogP contribution in [0.2, 0.25) is 5.02 Å². The lowest BCUT2D eigenvalue weighted by Gasteiger charge is -2.01. The molecule has 0 aliphatic rings. The van der Waals surface area contributed by atoms with E-state index in [4.69, 9.17) is 17.3 Å². The van der Waals surface area contributed by atoms with Crippen LogP contribution in [-0.4, -0.2) is 4.98 Å². The summed E-state index contributed by atoms with van der Waals surface area (Å²) in [5.41, 5.74) is 8.31. The lowest BCUT2D eigenvalue weighted by molar-refractivity contribution is 1.27. The van der Waals surface area contributed by atoms with Gasteiger partial charge in [0.15, 0.2) is 0 Å². The van der Waals surface area contributed by atoms with Gasteiger partial charge in [0.2, 0.25) is 0 Å². The quantitative estimate of drug-likeness (QED) is 0.755. The maximum absolute atomic E-state index is 6.05. The third-order valence-electron chi connectivity index (χ3n) is 1.84. The Labute approximate surface area is 91.4 Å². The van der Waals surface area contributed by atoms with E-state index in [1.54, 1.807) is 23.5 Å². The fourth-order valence-electron chi connectivity index (χ4n) is 1.18. The fraction of sp³-hybridized carbons (Fsp3) is 0.100. The van der Waals surface area contributed by atoms with E-state index in [1.165, 1.54) is 0 Å². The van der Waals surface area contributed by atoms with Crippen LogP contribution in [0.4, 0.5) is 5.69 Å². The van der Waals surface area contributed by atoms with Crippen molar-refractivity contribution in [3.63, 3.8) is 0 Å². The van der Waals surface area contributed by atoms with Gasteiger partial charge in [-0.3, -0.25) is 0 Å². The lowest BCUT2D eigenvalue weighted by atomic mass is 10.2. The number of aromatic nitrogens is 1. The van der Waals surface area contributed by atoms with Crippen LogP contribution in [0.15, 0.2) is 23.6 Å². The van der Waals surface area contributed by atoms with Gasteiger partial charge in [0.25, 0.3) is 0 Å². The van der Waals surface area contributed by atoms with E-state index < -0.39 is 0 Å². The highest BCUT2D eigenvalue weighted by molar-refractivity contribution is 7.13. The summed E-state index contributed by atoms with van der Waals surface area (Å²) in [5.74, 6) is 0. The molecule has 0 spiro atoms. The Bertz CT molecular complexity index is 465. The average Bonchev–Trinajstić information content (AvgIpc) is 2.56. The molecule has 0 atom stereocenters. The maximum Gasteiger partial charge on any atom is 0.125 e. The molecule has 0 aliphatic carbocycles. The Morgan fingerprint density at radius 1 is 1.43 bits per heavy atom. The van der Waals surface area contributed by atoms with Crippen molar-refractivity contribution in [3.05, 3.63) is 34.3 Å². The van der Waals surface area contributed by atoms with Gasteiger partial charge < -0.3 is 5.73 Å². The van der Waals surface area contributed by atoms with Gasteiger partial charge in [0, 0.05) is 22.3 Å². The normalized spacial score (nSPS) is 10.4. The second-order valence-electron chi connectivity index (χ2n) is 3.03. The highest BCUT2D eigenvalue weighted by Gasteiger charge is 2.07. The van der Waals surface area contributed by atoms with Crippen molar-refractivity contribution in [1.82, 2.24) is 4.98 Å². The van der Waals surface area contributed by atoms with Gasteiger partial charge in [-0.2, -0.15) is 0 Å². The molecule has 4 heteroatoms. The highest BCUT2D eigenvalue weighted by atomic mass is 35.5. The first-order valence-electron chi connectivity index (χ1n) is 4.14. The Kier molecular flexibility index (Phi) is 2.44. The number of halogens is 1. The van der Waals surface area contributed by atoms with E-state index in [1.807, 2.05) is 18.4 Å². The Hall–Kier alpha value is -1.06. The molecule has 1 aromatic carbocycles. The van der Waals surface area contributed by atoms with Crippen molar-refractivity contribution in [1.29, 1.82) is 0 Å². The first-order valence-corrected chi connectivity index (χ1v) is 5.40. The zero-order valence-electron chi connectivity index (χ0n) is 7.62. The topological polar surface area (TPSA) is 38.9 Å². The van der Waals surface area contributed by atoms with Crippen molar-refractivity contribution in [2.75, 3.05) is 5.73 Å². The molecule has 0 saturated heterocycles. The van der Waals surface area contributed by atoms with Crippen molar-refractivity contribution in [2.45, 2.75) is 6.92 Å². The number of anilines is 1. The Balaban J connectivity index is 2.55. The largest absolute Gasteiger partial charge is 0.399 e. The summed E-state index contributed by atoms with van der Waals surface area (Å²) in [7, 11) is 0. The number of rotatable bonds is 1. The summed E-state index contributed by atoms with van der Waals surface area (Å²) >= 11 is 7.63. The Morgan fingerprint density at radius 2 is 2.21 bits per heavy atom. The van der Waals surface area contributed by atoms with Gasteiger partial charge >= 0.3 is 0 Å². The number of thiazole rings is 1.